The highest BCUT2D eigenvalue weighted by Crippen LogP contribution is 2.32. The summed E-state index contributed by atoms with van der Waals surface area (Å²) in [4.78, 5) is 15.5. The maximum Gasteiger partial charge on any atom is 0.416 e. The smallest absolute Gasteiger partial charge is 0.340 e. The molecule has 0 aliphatic rings. The molecule has 0 heterocycles. The second-order valence-electron chi connectivity index (χ2n) is 4.72. The summed E-state index contributed by atoms with van der Waals surface area (Å²) in [5.41, 5.74) is -0.814. The van der Waals surface area contributed by atoms with Gasteiger partial charge >= 0.3 is 6.18 Å². The zero-order valence-electron chi connectivity index (χ0n) is 11.5. The van der Waals surface area contributed by atoms with E-state index in [1.165, 1.54) is 11.0 Å². The monoisotopic (exact) mass is 352 g/mol. The number of benzene rings is 1. The predicted molar refractivity (Wildman–Crippen MR) is 74.7 cm³/mol. The molecule has 0 saturated carbocycles. The van der Waals surface area contributed by atoms with Gasteiger partial charge in [0, 0.05) is 24.6 Å². The Bertz CT molecular complexity index is 489. The number of alkyl halides is 3. The molecule has 0 radical (unpaired) electrons. The van der Waals surface area contributed by atoms with E-state index < -0.39 is 17.6 Å². The summed E-state index contributed by atoms with van der Waals surface area (Å²) in [5.74, 6) is -0.440. The zero-order chi connectivity index (χ0) is 15.5. The normalized spacial score (nSPS) is 11.8. The lowest BCUT2D eigenvalue weighted by Crippen LogP contribution is -2.33. The number of amides is 1. The quantitative estimate of drug-likeness (QED) is 0.831. The topological polar surface area (TPSA) is 23.6 Å². The lowest BCUT2D eigenvalue weighted by Gasteiger charge is -2.20. The van der Waals surface area contributed by atoms with Crippen molar-refractivity contribution in [1.82, 2.24) is 9.80 Å². The Labute approximate surface area is 124 Å². The van der Waals surface area contributed by atoms with Crippen LogP contribution in [0.5, 0.6) is 0 Å². The lowest BCUT2D eigenvalue weighted by atomic mass is 10.1. The van der Waals surface area contributed by atoms with E-state index in [4.69, 9.17) is 0 Å². The third kappa shape index (κ3) is 4.49. The van der Waals surface area contributed by atoms with Crippen molar-refractivity contribution in [3.05, 3.63) is 33.8 Å². The molecule has 0 fully saturated rings. The molecule has 1 aromatic rings. The largest absolute Gasteiger partial charge is 0.416 e. The van der Waals surface area contributed by atoms with Crippen molar-refractivity contribution in [3.8, 4) is 0 Å². The Morgan fingerprint density at radius 2 is 1.80 bits per heavy atom. The highest BCUT2D eigenvalue weighted by Gasteiger charge is 2.31. The zero-order valence-corrected chi connectivity index (χ0v) is 13.0. The Morgan fingerprint density at radius 1 is 1.20 bits per heavy atom. The molecule has 0 aliphatic heterocycles. The van der Waals surface area contributed by atoms with Crippen LogP contribution in [0.25, 0.3) is 0 Å². The van der Waals surface area contributed by atoms with Crippen molar-refractivity contribution in [1.29, 1.82) is 0 Å². The number of rotatable bonds is 4. The minimum Gasteiger partial charge on any atom is -0.340 e. The molecule has 20 heavy (non-hydrogen) atoms. The minimum absolute atomic E-state index is 0.0149. The maximum absolute atomic E-state index is 12.7. The summed E-state index contributed by atoms with van der Waals surface area (Å²) in [6, 6.07) is 3.06. The van der Waals surface area contributed by atoms with Crippen LogP contribution in [0, 0.1) is 0 Å². The summed E-state index contributed by atoms with van der Waals surface area (Å²) in [7, 11) is 5.29. The summed E-state index contributed by atoms with van der Waals surface area (Å²) in [5, 5.41) is 0. The van der Waals surface area contributed by atoms with Crippen molar-refractivity contribution in [2.24, 2.45) is 0 Å². The van der Waals surface area contributed by atoms with Gasteiger partial charge in [0.15, 0.2) is 0 Å². The molecule has 0 unspecified atom stereocenters. The number of hydrogen-bond acceptors (Lipinski definition) is 2. The molecule has 0 N–H and O–H groups in total. The molecule has 0 atom stereocenters. The van der Waals surface area contributed by atoms with Crippen LogP contribution >= 0.6 is 15.9 Å². The van der Waals surface area contributed by atoms with Gasteiger partial charge in [0.05, 0.1) is 11.1 Å². The van der Waals surface area contributed by atoms with Crippen LogP contribution in [0.1, 0.15) is 15.9 Å². The molecule has 0 aromatic heterocycles. The number of nitrogens with zero attached hydrogens (tertiary/aromatic N) is 2. The van der Waals surface area contributed by atoms with E-state index in [-0.39, 0.29) is 5.56 Å². The first-order chi connectivity index (χ1) is 9.12. The first-order valence-electron chi connectivity index (χ1n) is 5.90. The van der Waals surface area contributed by atoms with Crippen molar-refractivity contribution >= 4 is 21.8 Å². The second-order valence-corrected chi connectivity index (χ2v) is 5.58. The fourth-order valence-electron chi connectivity index (χ4n) is 1.52. The average Bonchev–Trinajstić information content (AvgIpc) is 2.34. The SMILES string of the molecule is CN(C)CCN(C)C(=O)c1cc(C(F)(F)F)ccc1Br. The molecule has 0 bridgehead atoms. The molecule has 1 rings (SSSR count). The molecule has 1 aromatic carbocycles. The van der Waals surface area contributed by atoms with Crippen LogP contribution in [0.4, 0.5) is 13.2 Å². The first kappa shape index (κ1) is 17.0. The van der Waals surface area contributed by atoms with Crippen molar-refractivity contribution < 1.29 is 18.0 Å². The molecule has 3 nitrogen and oxygen atoms in total. The maximum atomic E-state index is 12.7. The first-order valence-corrected chi connectivity index (χ1v) is 6.69. The Hall–Kier alpha value is -1.08. The molecule has 1 amide bonds. The molecule has 0 aliphatic carbocycles. The van der Waals surface area contributed by atoms with E-state index in [2.05, 4.69) is 15.9 Å². The van der Waals surface area contributed by atoms with Crippen LogP contribution in [-0.2, 0) is 6.18 Å². The molecule has 7 heteroatoms. The summed E-state index contributed by atoms with van der Waals surface area (Å²) < 4.78 is 38.4. The Balaban J connectivity index is 2.97. The van der Waals surface area contributed by atoms with E-state index in [9.17, 15) is 18.0 Å². The van der Waals surface area contributed by atoms with Gasteiger partial charge in [0.2, 0.25) is 0 Å². The molecular weight excluding hydrogens is 337 g/mol. The third-order valence-electron chi connectivity index (χ3n) is 2.75. The van der Waals surface area contributed by atoms with Gasteiger partial charge in [-0.25, -0.2) is 0 Å². The fraction of sp³-hybridized carbons (Fsp3) is 0.462. The van der Waals surface area contributed by atoms with Crippen LogP contribution in [0.15, 0.2) is 22.7 Å². The van der Waals surface area contributed by atoms with Gasteiger partial charge in [-0.1, -0.05) is 0 Å². The molecule has 112 valence electrons. The number of likely N-dealkylation sites (N-methyl/N-ethyl adjacent to an activating group) is 2. The van der Waals surface area contributed by atoms with Crippen molar-refractivity contribution in [2.75, 3.05) is 34.2 Å². The average molecular weight is 353 g/mol. The Morgan fingerprint density at radius 3 is 2.30 bits per heavy atom. The van der Waals surface area contributed by atoms with Crippen LogP contribution in [-0.4, -0.2) is 49.9 Å². The molecular formula is C13H16BrF3N2O. The third-order valence-corrected chi connectivity index (χ3v) is 3.44. The predicted octanol–water partition coefficient (Wildman–Crippen LogP) is 3.10. The van der Waals surface area contributed by atoms with Gasteiger partial charge in [0.25, 0.3) is 5.91 Å². The Kier molecular flexibility index (Phi) is 5.59. The lowest BCUT2D eigenvalue weighted by molar-refractivity contribution is -0.137. The van der Waals surface area contributed by atoms with E-state index in [1.54, 1.807) is 7.05 Å². The highest BCUT2D eigenvalue weighted by atomic mass is 79.9. The van der Waals surface area contributed by atoms with Gasteiger partial charge in [0.1, 0.15) is 0 Å². The number of carbonyl (C=O) groups excluding carboxylic acids is 1. The van der Waals surface area contributed by atoms with Gasteiger partial charge in [-0.3, -0.25) is 4.79 Å². The van der Waals surface area contributed by atoms with Gasteiger partial charge in [-0.2, -0.15) is 13.2 Å². The minimum atomic E-state index is -4.46. The second kappa shape index (κ2) is 6.58. The van der Waals surface area contributed by atoms with Gasteiger partial charge < -0.3 is 9.80 Å². The molecule has 0 saturated heterocycles. The highest BCUT2D eigenvalue weighted by molar-refractivity contribution is 9.10. The standard InChI is InChI=1S/C13H16BrF3N2O/c1-18(2)6-7-19(3)12(20)10-8-9(13(15,16)17)4-5-11(10)14/h4-5,8H,6-7H2,1-3H3. The van der Waals surface area contributed by atoms with Crippen molar-refractivity contribution in [2.45, 2.75) is 6.18 Å². The fourth-order valence-corrected chi connectivity index (χ4v) is 1.94. The van der Waals surface area contributed by atoms with E-state index in [0.717, 1.165) is 12.1 Å². The summed E-state index contributed by atoms with van der Waals surface area (Å²) in [6.45, 7) is 1.08. The summed E-state index contributed by atoms with van der Waals surface area (Å²) in [6.07, 6.45) is -4.46. The van der Waals surface area contributed by atoms with Crippen LogP contribution in [0.3, 0.4) is 0 Å². The number of carbonyl (C=O) groups is 1. The van der Waals surface area contributed by atoms with Gasteiger partial charge in [-0.15, -0.1) is 0 Å². The number of halogens is 4. The van der Waals surface area contributed by atoms with E-state index >= 15 is 0 Å². The van der Waals surface area contributed by atoms with E-state index in [1.807, 2.05) is 19.0 Å². The van der Waals surface area contributed by atoms with Gasteiger partial charge in [-0.05, 0) is 48.2 Å². The van der Waals surface area contributed by atoms with Crippen LogP contribution < -0.4 is 0 Å². The van der Waals surface area contributed by atoms with E-state index in [0.29, 0.717) is 17.6 Å². The van der Waals surface area contributed by atoms with Crippen molar-refractivity contribution in [3.63, 3.8) is 0 Å². The molecule has 0 spiro atoms. The number of hydrogen-bond donors (Lipinski definition) is 0. The van der Waals surface area contributed by atoms with Crippen LogP contribution in [0.2, 0.25) is 0 Å². The summed E-state index contributed by atoms with van der Waals surface area (Å²) >= 11 is 3.12.